The van der Waals surface area contributed by atoms with Gasteiger partial charge in [-0.25, -0.2) is 13.1 Å². The molecule has 0 fully saturated rings. The van der Waals surface area contributed by atoms with E-state index in [0.29, 0.717) is 18.0 Å². The van der Waals surface area contributed by atoms with Gasteiger partial charge in [0.05, 0.1) is 11.4 Å². The van der Waals surface area contributed by atoms with Crippen LogP contribution in [0.1, 0.15) is 5.56 Å². The van der Waals surface area contributed by atoms with Gasteiger partial charge in [-0.3, -0.25) is 4.68 Å². The Bertz CT molecular complexity index is 606. The topological polar surface area (TPSA) is 64.0 Å². The molecule has 0 saturated heterocycles. The minimum Gasteiger partial charge on any atom is -0.271 e. The SMILES string of the molecule is Cc1ccccc1S(=O)(=O)NCCn1cccn1. The molecular formula is C12H15N3O2S. The predicted octanol–water partition coefficient (Wildman–Crippen LogP) is 1.17. The lowest BCUT2D eigenvalue weighted by atomic mass is 10.2. The van der Waals surface area contributed by atoms with Gasteiger partial charge in [-0.2, -0.15) is 5.10 Å². The molecule has 0 aliphatic rings. The first-order valence-electron chi connectivity index (χ1n) is 5.62. The van der Waals surface area contributed by atoms with E-state index in [1.54, 1.807) is 48.3 Å². The summed E-state index contributed by atoms with van der Waals surface area (Å²) in [6.07, 6.45) is 3.46. The highest BCUT2D eigenvalue weighted by Gasteiger charge is 2.15. The summed E-state index contributed by atoms with van der Waals surface area (Å²) in [5, 5.41) is 4.01. The van der Waals surface area contributed by atoms with Gasteiger partial charge in [0.25, 0.3) is 0 Å². The molecule has 0 atom stereocenters. The molecule has 18 heavy (non-hydrogen) atoms. The Morgan fingerprint density at radius 2 is 2.06 bits per heavy atom. The lowest BCUT2D eigenvalue weighted by molar-refractivity contribution is 0.560. The van der Waals surface area contributed by atoms with Crippen LogP contribution in [0.2, 0.25) is 0 Å². The van der Waals surface area contributed by atoms with Crippen molar-refractivity contribution < 1.29 is 8.42 Å². The van der Waals surface area contributed by atoms with E-state index in [9.17, 15) is 8.42 Å². The molecule has 2 aromatic rings. The second kappa shape index (κ2) is 5.32. The maximum absolute atomic E-state index is 12.0. The first-order chi connectivity index (χ1) is 8.59. The summed E-state index contributed by atoms with van der Waals surface area (Å²) in [4.78, 5) is 0.325. The molecule has 0 radical (unpaired) electrons. The minimum absolute atomic E-state index is 0.318. The maximum Gasteiger partial charge on any atom is 0.240 e. The van der Waals surface area contributed by atoms with Crippen molar-refractivity contribution in [3.63, 3.8) is 0 Å². The monoisotopic (exact) mass is 265 g/mol. The van der Waals surface area contributed by atoms with Crippen molar-refractivity contribution in [3.05, 3.63) is 48.3 Å². The Labute approximate surface area is 107 Å². The first kappa shape index (κ1) is 12.8. The van der Waals surface area contributed by atoms with E-state index in [1.807, 2.05) is 6.07 Å². The number of aryl methyl sites for hydroxylation is 1. The lowest BCUT2D eigenvalue weighted by Crippen LogP contribution is -2.28. The number of hydrogen-bond acceptors (Lipinski definition) is 3. The fourth-order valence-corrected chi connectivity index (χ4v) is 2.93. The Kier molecular flexibility index (Phi) is 3.78. The third-order valence-corrected chi connectivity index (χ3v) is 4.20. The van der Waals surface area contributed by atoms with E-state index in [1.165, 1.54) is 0 Å². The molecule has 0 aliphatic heterocycles. The van der Waals surface area contributed by atoms with Crippen molar-refractivity contribution in [2.45, 2.75) is 18.4 Å². The third kappa shape index (κ3) is 2.96. The van der Waals surface area contributed by atoms with Crippen LogP contribution in [-0.4, -0.2) is 24.7 Å². The Balaban J connectivity index is 2.02. The lowest BCUT2D eigenvalue weighted by Gasteiger charge is -2.09. The van der Waals surface area contributed by atoms with Gasteiger partial charge in [0.1, 0.15) is 0 Å². The molecule has 1 N–H and O–H groups in total. The molecule has 1 aromatic carbocycles. The molecule has 1 aromatic heterocycles. The third-order valence-electron chi connectivity index (χ3n) is 2.58. The van der Waals surface area contributed by atoms with Crippen LogP contribution in [0.25, 0.3) is 0 Å². The van der Waals surface area contributed by atoms with E-state index in [-0.39, 0.29) is 0 Å². The molecule has 0 spiro atoms. The zero-order valence-corrected chi connectivity index (χ0v) is 10.9. The van der Waals surface area contributed by atoms with Crippen LogP contribution >= 0.6 is 0 Å². The molecule has 5 nitrogen and oxygen atoms in total. The van der Waals surface area contributed by atoms with Gasteiger partial charge in [-0.1, -0.05) is 18.2 Å². The Hall–Kier alpha value is -1.66. The molecule has 96 valence electrons. The number of nitrogens with one attached hydrogen (secondary N) is 1. The molecule has 2 rings (SSSR count). The number of rotatable bonds is 5. The zero-order chi connectivity index (χ0) is 13.0. The van der Waals surface area contributed by atoms with Gasteiger partial charge in [-0.15, -0.1) is 0 Å². The Morgan fingerprint density at radius 3 is 2.72 bits per heavy atom. The van der Waals surface area contributed by atoms with Gasteiger partial charge >= 0.3 is 0 Å². The molecule has 6 heteroatoms. The summed E-state index contributed by atoms with van der Waals surface area (Å²) in [6.45, 7) is 2.61. The number of aromatic nitrogens is 2. The minimum atomic E-state index is -3.44. The Morgan fingerprint density at radius 1 is 1.28 bits per heavy atom. The summed E-state index contributed by atoms with van der Waals surface area (Å²) >= 11 is 0. The van der Waals surface area contributed by atoms with Crippen LogP contribution in [0.4, 0.5) is 0 Å². The van der Waals surface area contributed by atoms with Crippen LogP contribution in [0, 0.1) is 6.92 Å². The van der Waals surface area contributed by atoms with Gasteiger partial charge < -0.3 is 0 Å². The second-order valence-electron chi connectivity index (χ2n) is 3.93. The van der Waals surface area contributed by atoms with Crippen molar-refractivity contribution in [2.24, 2.45) is 0 Å². The normalized spacial score (nSPS) is 11.6. The molecule has 0 unspecified atom stereocenters. The highest BCUT2D eigenvalue weighted by atomic mass is 32.2. The van der Waals surface area contributed by atoms with E-state index in [0.717, 1.165) is 5.56 Å². The average molecular weight is 265 g/mol. The molecule has 0 amide bonds. The number of sulfonamides is 1. The number of benzene rings is 1. The molecular weight excluding hydrogens is 250 g/mol. The standard InChI is InChI=1S/C12H15N3O2S/c1-11-5-2-3-6-12(11)18(16,17)14-8-10-15-9-4-7-13-15/h2-7,9,14H,8,10H2,1H3. The van der Waals surface area contributed by atoms with Crippen LogP contribution in [-0.2, 0) is 16.6 Å². The second-order valence-corrected chi connectivity index (χ2v) is 5.67. The van der Waals surface area contributed by atoms with Crippen molar-refractivity contribution >= 4 is 10.0 Å². The smallest absolute Gasteiger partial charge is 0.240 e. The largest absolute Gasteiger partial charge is 0.271 e. The summed E-state index contributed by atoms with van der Waals surface area (Å²) < 4.78 is 28.3. The van der Waals surface area contributed by atoms with Crippen LogP contribution < -0.4 is 4.72 Å². The van der Waals surface area contributed by atoms with E-state index in [4.69, 9.17) is 0 Å². The highest BCUT2D eigenvalue weighted by molar-refractivity contribution is 7.89. The first-order valence-corrected chi connectivity index (χ1v) is 7.10. The number of nitrogens with zero attached hydrogens (tertiary/aromatic N) is 2. The molecule has 0 saturated carbocycles. The van der Waals surface area contributed by atoms with Crippen molar-refractivity contribution in [2.75, 3.05) is 6.54 Å². The molecule has 0 aliphatic carbocycles. The van der Waals surface area contributed by atoms with E-state index in [2.05, 4.69) is 9.82 Å². The summed E-state index contributed by atoms with van der Waals surface area (Å²) in [5.74, 6) is 0. The molecule has 1 heterocycles. The predicted molar refractivity (Wildman–Crippen MR) is 68.6 cm³/mol. The van der Waals surface area contributed by atoms with Gasteiger partial charge in [0.15, 0.2) is 0 Å². The zero-order valence-electron chi connectivity index (χ0n) is 10.1. The summed E-state index contributed by atoms with van der Waals surface area (Å²) in [5.41, 5.74) is 0.740. The van der Waals surface area contributed by atoms with Gasteiger partial charge in [0.2, 0.25) is 10.0 Å². The maximum atomic E-state index is 12.0. The molecule has 0 bridgehead atoms. The van der Waals surface area contributed by atoms with E-state index >= 15 is 0 Å². The van der Waals surface area contributed by atoms with Gasteiger partial charge in [0, 0.05) is 18.9 Å². The fraction of sp³-hybridized carbons (Fsp3) is 0.250. The van der Waals surface area contributed by atoms with Crippen molar-refractivity contribution in [1.82, 2.24) is 14.5 Å². The fourth-order valence-electron chi connectivity index (χ4n) is 1.66. The van der Waals surface area contributed by atoms with Gasteiger partial charge in [-0.05, 0) is 24.6 Å². The summed E-state index contributed by atoms with van der Waals surface area (Å²) in [6, 6.07) is 8.72. The van der Waals surface area contributed by atoms with Crippen molar-refractivity contribution in [1.29, 1.82) is 0 Å². The number of hydrogen-bond donors (Lipinski definition) is 1. The quantitative estimate of drug-likeness (QED) is 0.882. The summed E-state index contributed by atoms with van der Waals surface area (Å²) in [7, 11) is -3.44. The van der Waals surface area contributed by atoms with Crippen LogP contribution in [0.15, 0.2) is 47.6 Å². The van der Waals surface area contributed by atoms with Crippen molar-refractivity contribution in [3.8, 4) is 0 Å². The highest BCUT2D eigenvalue weighted by Crippen LogP contribution is 2.13. The van der Waals surface area contributed by atoms with Crippen LogP contribution in [0.5, 0.6) is 0 Å². The average Bonchev–Trinajstić information content (AvgIpc) is 2.82. The van der Waals surface area contributed by atoms with E-state index < -0.39 is 10.0 Å². The van der Waals surface area contributed by atoms with Crippen LogP contribution in [0.3, 0.4) is 0 Å².